The highest BCUT2D eigenvalue weighted by Gasteiger charge is 2.70. The summed E-state index contributed by atoms with van der Waals surface area (Å²) in [6.45, 7) is 0. The number of methoxy groups -OCH3 is 1. The van der Waals surface area contributed by atoms with Gasteiger partial charge in [-0.15, -0.1) is 0 Å². The van der Waals surface area contributed by atoms with Gasteiger partial charge in [0, 0.05) is 21.0 Å². The van der Waals surface area contributed by atoms with Crippen LogP contribution in [0.15, 0.2) is 107 Å². The van der Waals surface area contributed by atoms with Crippen LogP contribution in [0.5, 0.6) is 11.5 Å². The van der Waals surface area contributed by atoms with E-state index < -0.39 is 52.6 Å². The molecule has 258 valence electrons. The lowest BCUT2D eigenvalue weighted by atomic mass is 9.49. The van der Waals surface area contributed by atoms with Crippen LogP contribution in [-0.2, 0) is 24.6 Å². The monoisotopic (exact) mass is 769 g/mol. The molecule has 0 aromatic heterocycles. The van der Waals surface area contributed by atoms with Gasteiger partial charge in [0.2, 0.25) is 11.8 Å². The van der Waals surface area contributed by atoms with Gasteiger partial charge in [0.1, 0.15) is 17.3 Å². The second-order valence-electron chi connectivity index (χ2n) is 13.3. The van der Waals surface area contributed by atoms with Crippen molar-refractivity contribution in [3.8, 4) is 11.5 Å². The number of benzene rings is 4. The molecule has 6 atom stereocenters. The molecule has 2 N–H and O–H groups in total. The number of allylic oxidation sites excluding steroid dienone is 2. The van der Waals surface area contributed by atoms with E-state index >= 15 is 4.79 Å². The quantitative estimate of drug-likeness (QED) is 0.158. The molecular weight excluding hydrogens is 741 g/mol. The van der Waals surface area contributed by atoms with E-state index in [1.807, 2.05) is 6.08 Å². The number of hydrazine groups is 1. The molecule has 2 saturated heterocycles. The summed E-state index contributed by atoms with van der Waals surface area (Å²) in [5.74, 6) is -6.24. The fraction of sp³-hybridized carbons (Fsp3) is 0.231. The van der Waals surface area contributed by atoms with Crippen LogP contribution in [0, 0.1) is 29.5 Å². The van der Waals surface area contributed by atoms with Gasteiger partial charge in [-0.25, -0.2) is 4.39 Å². The molecule has 0 bridgehead atoms. The number of aromatic hydroxyl groups is 1. The van der Waals surface area contributed by atoms with Crippen LogP contribution in [-0.4, -0.2) is 40.9 Å². The number of hydrogen-bond acceptors (Lipinski definition) is 7. The van der Waals surface area contributed by atoms with E-state index in [-0.39, 0.29) is 30.4 Å². The molecule has 12 heteroatoms. The van der Waals surface area contributed by atoms with Gasteiger partial charge < -0.3 is 9.84 Å². The van der Waals surface area contributed by atoms with Crippen LogP contribution in [0.3, 0.4) is 0 Å². The van der Waals surface area contributed by atoms with Gasteiger partial charge in [-0.1, -0.05) is 51.3 Å². The predicted octanol–water partition coefficient (Wildman–Crippen LogP) is 7.15. The summed E-state index contributed by atoms with van der Waals surface area (Å²) in [4.78, 5) is 59.6. The number of nitrogens with one attached hydrogen (secondary N) is 1. The molecule has 2 aliphatic heterocycles. The van der Waals surface area contributed by atoms with Gasteiger partial charge in [0.15, 0.2) is 0 Å². The Morgan fingerprint density at radius 2 is 1.61 bits per heavy atom. The summed E-state index contributed by atoms with van der Waals surface area (Å²) in [5, 5.41) is 13.0. The smallest absolute Gasteiger partial charge is 0.260 e. The fourth-order valence-electron chi connectivity index (χ4n) is 8.74. The van der Waals surface area contributed by atoms with Crippen molar-refractivity contribution < 1.29 is 33.4 Å². The first-order chi connectivity index (χ1) is 24.5. The fourth-order valence-corrected chi connectivity index (χ4v) is 9.13. The molecule has 0 radical (unpaired) electrons. The van der Waals surface area contributed by atoms with Crippen molar-refractivity contribution in [1.82, 2.24) is 5.01 Å². The maximum absolute atomic E-state index is 15.2. The summed E-state index contributed by atoms with van der Waals surface area (Å²) in [5.41, 5.74) is 3.52. The van der Waals surface area contributed by atoms with E-state index in [4.69, 9.17) is 16.3 Å². The van der Waals surface area contributed by atoms with Crippen molar-refractivity contribution in [3.05, 3.63) is 129 Å². The molecule has 9 nitrogen and oxygen atoms in total. The third kappa shape index (κ3) is 5.00. The van der Waals surface area contributed by atoms with E-state index in [0.29, 0.717) is 38.8 Å². The Morgan fingerprint density at radius 1 is 0.902 bits per heavy atom. The van der Waals surface area contributed by atoms with Crippen molar-refractivity contribution >= 4 is 62.5 Å². The van der Waals surface area contributed by atoms with E-state index in [1.54, 1.807) is 60.7 Å². The van der Waals surface area contributed by atoms with Crippen LogP contribution in [0.25, 0.3) is 0 Å². The molecule has 51 heavy (non-hydrogen) atoms. The van der Waals surface area contributed by atoms with Crippen molar-refractivity contribution in [2.24, 2.45) is 23.7 Å². The molecular formula is C39H30BrClFN3O6. The van der Waals surface area contributed by atoms with Gasteiger partial charge in [-0.3, -0.25) is 29.5 Å². The largest absolute Gasteiger partial charge is 0.508 e. The highest BCUT2D eigenvalue weighted by molar-refractivity contribution is 9.10. The topological polar surface area (TPSA) is 116 Å². The number of rotatable bonds is 6. The van der Waals surface area contributed by atoms with Crippen LogP contribution in [0.1, 0.15) is 29.9 Å². The van der Waals surface area contributed by atoms with Crippen LogP contribution < -0.4 is 15.1 Å². The minimum Gasteiger partial charge on any atom is -0.508 e. The molecule has 3 fully saturated rings. The molecule has 4 amide bonds. The predicted molar refractivity (Wildman–Crippen MR) is 190 cm³/mol. The Bertz CT molecular complexity index is 2140. The number of phenolic OH excluding ortho intramolecular Hbond substituents is 1. The summed E-state index contributed by atoms with van der Waals surface area (Å²) >= 11 is 9.76. The standard InChI is InChI=1S/C39H30BrClFN3O6/c1-51-26-14-17-32(46)30(18-26)34-27-15-16-28-33(37(49)44(35(28)47)25-12-4-21(40)5-13-25)29(27)19-31-36(48)45(43-24-10-8-23(42)9-11-24)38(50)39(31,34)20-2-6-22(41)7-3-20/h2-15,17-18,28-29,31,33-34,43,46H,16,19H2,1H3/t28-,29+,31-,33-,34+,39+/m0/s1. The lowest BCUT2D eigenvalue weighted by molar-refractivity contribution is -0.138. The number of carbonyl (C=O) groups excluding carboxylic acids is 4. The van der Waals surface area contributed by atoms with Gasteiger partial charge in [0.05, 0.1) is 41.7 Å². The molecule has 2 heterocycles. The molecule has 1 saturated carbocycles. The first-order valence-electron chi connectivity index (χ1n) is 16.4. The molecule has 0 spiro atoms. The van der Waals surface area contributed by atoms with E-state index in [1.165, 1.54) is 42.3 Å². The Morgan fingerprint density at radius 3 is 2.29 bits per heavy atom. The summed E-state index contributed by atoms with van der Waals surface area (Å²) in [6.07, 6.45) is 2.19. The number of hydrogen-bond donors (Lipinski definition) is 2. The number of amides is 4. The van der Waals surface area contributed by atoms with E-state index in [0.717, 1.165) is 9.48 Å². The van der Waals surface area contributed by atoms with Crippen LogP contribution in [0.2, 0.25) is 5.02 Å². The maximum Gasteiger partial charge on any atom is 0.260 e. The lowest BCUT2D eigenvalue weighted by Gasteiger charge is -2.50. The number of nitrogens with zero attached hydrogens (tertiary/aromatic N) is 2. The molecule has 0 unspecified atom stereocenters. The van der Waals surface area contributed by atoms with Gasteiger partial charge >= 0.3 is 0 Å². The molecule has 4 aromatic rings. The highest BCUT2D eigenvalue weighted by Crippen LogP contribution is 2.65. The van der Waals surface area contributed by atoms with Gasteiger partial charge in [-0.05, 0) is 103 Å². The number of fused-ring (bicyclic) bond motifs is 4. The second kappa shape index (κ2) is 12.3. The normalized spacial score (nSPS) is 26.8. The van der Waals surface area contributed by atoms with Crippen LogP contribution in [0.4, 0.5) is 15.8 Å². The van der Waals surface area contributed by atoms with E-state index in [2.05, 4.69) is 21.4 Å². The number of anilines is 2. The van der Waals surface area contributed by atoms with Gasteiger partial charge in [-0.2, -0.15) is 5.01 Å². The number of halogens is 3. The highest BCUT2D eigenvalue weighted by atomic mass is 79.9. The molecule has 4 aromatic carbocycles. The molecule has 8 rings (SSSR count). The van der Waals surface area contributed by atoms with Crippen LogP contribution >= 0.6 is 27.5 Å². The van der Waals surface area contributed by atoms with E-state index in [9.17, 15) is 23.9 Å². The number of phenols is 1. The first-order valence-corrected chi connectivity index (χ1v) is 17.6. The first kappa shape index (κ1) is 33.2. The number of carbonyl (C=O) groups is 4. The van der Waals surface area contributed by atoms with Crippen molar-refractivity contribution in [2.45, 2.75) is 24.2 Å². The zero-order valence-corrected chi connectivity index (χ0v) is 29.4. The second-order valence-corrected chi connectivity index (χ2v) is 14.6. The third-order valence-electron chi connectivity index (χ3n) is 10.9. The third-order valence-corrected chi connectivity index (χ3v) is 11.7. The Labute approximate surface area is 305 Å². The van der Waals surface area contributed by atoms with Crippen molar-refractivity contribution in [2.75, 3.05) is 17.4 Å². The molecule has 4 aliphatic rings. The summed E-state index contributed by atoms with van der Waals surface area (Å²) in [6, 6.07) is 23.6. The average Bonchev–Trinajstić information content (AvgIpc) is 3.51. The van der Waals surface area contributed by atoms with Crippen molar-refractivity contribution in [3.63, 3.8) is 0 Å². The Kier molecular flexibility index (Phi) is 8.03. The Hall–Kier alpha value is -5.00. The zero-order valence-electron chi connectivity index (χ0n) is 27.1. The minimum atomic E-state index is -1.63. The Balaban J connectivity index is 1.34. The summed E-state index contributed by atoms with van der Waals surface area (Å²) < 4.78 is 20.2. The van der Waals surface area contributed by atoms with Crippen molar-refractivity contribution in [1.29, 1.82) is 0 Å². The summed E-state index contributed by atoms with van der Waals surface area (Å²) in [7, 11) is 1.49. The SMILES string of the molecule is COc1ccc(O)c([C@H]2C3=CC[C@@H]4C(=O)N(c5ccc(Br)cc5)C(=O)[C@@H]4[C@@H]3C[C@H]3C(=O)N(Nc4ccc(F)cc4)C(=O)[C@@]23c2ccc(Cl)cc2)c1. The number of imide groups is 2. The van der Waals surface area contributed by atoms with Gasteiger partial charge in [0.25, 0.3) is 11.8 Å². The number of ether oxygens (including phenoxy) is 1. The maximum atomic E-state index is 15.2. The minimum absolute atomic E-state index is 0.0657. The zero-order chi connectivity index (χ0) is 35.8. The average molecular weight is 771 g/mol. The molecule has 2 aliphatic carbocycles. The lowest BCUT2D eigenvalue weighted by Crippen LogP contribution is -2.53.